The molecule has 3 aromatic heterocycles. The molecule has 0 amide bonds. The molecule has 0 saturated heterocycles. The van der Waals surface area contributed by atoms with Gasteiger partial charge in [0, 0.05) is 42.6 Å². The summed E-state index contributed by atoms with van der Waals surface area (Å²) in [6.07, 6.45) is 9.08. The van der Waals surface area contributed by atoms with Gasteiger partial charge in [0.15, 0.2) is 11.5 Å². The fraction of sp³-hybridized carbons (Fsp3) is 0.0526. The number of nitrogens with zero attached hydrogens (tertiary/aromatic N) is 4. The Kier molecular flexibility index (Phi) is 3.18. The number of imidazole rings is 1. The number of anilines is 2. The maximum atomic E-state index is 11.3. The van der Waals surface area contributed by atoms with Crippen LogP contribution in [-0.4, -0.2) is 25.6 Å². The SMILES string of the molecule is O=c1ccc(Nc2nc(-c3ccc4c(c3)CN=C4)cn3ccnc23)c[nH]1. The molecule has 4 aromatic rings. The Morgan fingerprint density at radius 1 is 1.19 bits per heavy atom. The van der Waals surface area contributed by atoms with Gasteiger partial charge in [0.25, 0.3) is 0 Å². The van der Waals surface area contributed by atoms with Gasteiger partial charge in [-0.05, 0) is 23.3 Å². The van der Waals surface area contributed by atoms with Crippen LogP contribution in [0.3, 0.4) is 0 Å². The van der Waals surface area contributed by atoms with E-state index in [9.17, 15) is 4.79 Å². The van der Waals surface area contributed by atoms with Gasteiger partial charge < -0.3 is 14.7 Å². The normalized spacial score (nSPS) is 12.5. The maximum absolute atomic E-state index is 11.3. The summed E-state index contributed by atoms with van der Waals surface area (Å²) in [4.78, 5) is 27.3. The number of nitrogens with one attached hydrogen (secondary N) is 2. The second kappa shape index (κ2) is 5.66. The minimum absolute atomic E-state index is 0.149. The van der Waals surface area contributed by atoms with Gasteiger partial charge in [0.05, 0.1) is 17.9 Å². The first-order valence-electron chi connectivity index (χ1n) is 8.19. The first kappa shape index (κ1) is 14.6. The van der Waals surface area contributed by atoms with E-state index in [1.165, 1.54) is 11.6 Å². The lowest BCUT2D eigenvalue weighted by Gasteiger charge is -2.10. The Balaban J connectivity index is 1.61. The molecule has 0 fully saturated rings. The fourth-order valence-electron chi connectivity index (χ4n) is 3.05. The van der Waals surface area contributed by atoms with Crippen LogP contribution in [0.1, 0.15) is 11.1 Å². The topological polar surface area (TPSA) is 87.4 Å². The lowest BCUT2D eigenvalue weighted by atomic mass is 10.0. The summed E-state index contributed by atoms with van der Waals surface area (Å²) in [6.45, 7) is 0.707. The van der Waals surface area contributed by atoms with Crippen LogP contribution in [0.4, 0.5) is 11.5 Å². The Morgan fingerprint density at radius 3 is 3.04 bits per heavy atom. The molecule has 7 nitrogen and oxygen atoms in total. The predicted molar refractivity (Wildman–Crippen MR) is 100 cm³/mol. The van der Waals surface area contributed by atoms with Crippen LogP contribution in [0.15, 0.2) is 64.9 Å². The van der Waals surface area contributed by atoms with E-state index < -0.39 is 0 Å². The third-order valence-electron chi connectivity index (χ3n) is 4.35. The Hall–Kier alpha value is -3.74. The van der Waals surface area contributed by atoms with Crippen molar-refractivity contribution in [3.8, 4) is 11.3 Å². The average Bonchev–Trinajstić information content (AvgIpc) is 3.31. The number of hydrogen-bond acceptors (Lipinski definition) is 5. The smallest absolute Gasteiger partial charge is 0.248 e. The molecule has 1 aliphatic heterocycles. The van der Waals surface area contributed by atoms with Crippen molar-refractivity contribution in [2.75, 3.05) is 5.32 Å². The zero-order chi connectivity index (χ0) is 17.5. The first-order valence-corrected chi connectivity index (χ1v) is 8.19. The molecule has 2 N–H and O–H groups in total. The molecule has 4 heterocycles. The molecule has 1 aromatic carbocycles. The molecule has 0 unspecified atom stereocenters. The van der Waals surface area contributed by atoms with Crippen LogP contribution in [-0.2, 0) is 6.54 Å². The Morgan fingerprint density at radius 2 is 2.15 bits per heavy atom. The molecule has 5 rings (SSSR count). The fourth-order valence-corrected chi connectivity index (χ4v) is 3.05. The van der Waals surface area contributed by atoms with E-state index in [0.29, 0.717) is 18.0 Å². The van der Waals surface area contributed by atoms with E-state index in [-0.39, 0.29) is 5.56 Å². The number of H-pyrrole nitrogens is 1. The van der Waals surface area contributed by atoms with Gasteiger partial charge in [0.2, 0.25) is 5.56 Å². The van der Waals surface area contributed by atoms with Gasteiger partial charge in [-0.2, -0.15) is 0 Å². The van der Waals surface area contributed by atoms with Crippen molar-refractivity contribution in [1.82, 2.24) is 19.4 Å². The van der Waals surface area contributed by atoms with Crippen LogP contribution >= 0.6 is 0 Å². The number of fused-ring (bicyclic) bond motifs is 2. The summed E-state index contributed by atoms with van der Waals surface area (Å²) in [5.41, 5.74) is 5.51. The van der Waals surface area contributed by atoms with Gasteiger partial charge in [-0.3, -0.25) is 9.79 Å². The van der Waals surface area contributed by atoms with Crippen molar-refractivity contribution >= 4 is 23.4 Å². The molecule has 1 aliphatic rings. The van der Waals surface area contributed by atoms with Gasteiger partial charge >= 0.3 is 0 Å². The second-order valence-corrected chi connectivity index (χ2v) is 6.08. The molecule has 126 valence electrons. The van der Waals surface area contributed by atoms with Gasteiger partial charge in [-0.1, -0.05) is 12.1 Å². The molecule has 0 spiro atoms. The summed E-state index contributed by atoms with van der Waals surface area (Å²) in [7, 11) is 0. The molecule has 26 heavy (non-hydrogen) atoms. The molecule has 0 aliphatic carbocycles. The average molecular weight is 342 g/mol. The van der Waals surface area contributed by atoms with Crippen LogP contribution < -0.4 is 10.9 Å². The minimum atomic E-state index is -0.149. The van der Waals surface area contributed by atoms with E-state index in [1.807, 2.05) is 29.1 Å². The number of pyridine rings is 1. The number of aliphatic imine (C=N–C) groups is 1. The Bertz CT molecular complexity index is 1200. The lowest BCUT2D eigenvalue weighted by molar-refractivity contribution is 1.10. The number of rotatable bonds is 3. The highest BCUT2D eigenvalue weighted by molar-refractivity contribution is 5.86. The highest BCUT2D eigenvalue weighted by Crippen LogP contribution is 2.27. The third kappa shape index (κ3) is 2.46. The van der Waals surface area contributed by atoms with Crippen molar-refractivity contribution in [3.05, 3.63) is 76.6 Å². The first-order chi connectivity index (χ1) is 12.8. The van der Waals surface area contributed by atoms with Crippen molar-refractivity contribution in [1.29, 1.82) is 0 Å². The zero-order valence-corrected chi connectivity index (χ0v) is 13.7. The number of aromatic nitrogens is 4. The molecule has 0 bridgehead atoms. The standard InChI is InChI=1S/C19H14N6O/c26-17-4-3-15(10-22-17)23-18-19-21-5-6-25(19)11-16(24-18)12-1-2-13-8-20-9-14(13)7-12/h1-8,10-11H,9H2,(H,22,26)(H,23,24). The predicted octanol–water partition coefficient (Wildman–Crippen LogP) is 2.76. The number of aromatic amines is 1. The van der Waals surface area contributed by atoms with Crippen molar-refractivity contribution in [3.63, 3.8) is 0 Å². The summed E-state index contributed by atoms with van der Waals surface area (Å²) < 4.78 is 1.93. The van der Waals surface area contributed by atoms with E-state index in [1.54, 1.807) is 18.5 Å². The monoisotopic (exact) mass is 342 g/mol. The van der Waals surface area contributed by atoms with Gasteiger partial charge in [-0.25, -0.2) is 9.97 Å². The number of benzene rings is 1. The van der Waals surface area contributed by atoms with Crippen molar-refractivity contribution in [2.24, 2.45) is 4.99 Å². The van der Waals surface area contributed by atoms with Crippen LogP contribution in [0.2, 0.25) is 0 Å². The van der Waals surface area contributed by atoms with Crippen LogP contribution in [0.25, 0.3) is 16.9 Å². The number of hydrogen-bond donors (Lipinski definition) is 2. The van der Waals surface area contributed by atoms with Crippen molar-refractivity contribution in [2.45, 2.75) is 6.54 Å². The van der Waals surface area contributed by atoms with Crippen molar-refractivity contribution < 1.29 is 0 Å². The van der Waals surface area contributed by atoms with E-state index in [4.69, 9.17) is 4.98 Å². The maximum Gasteiger partial charge on any atom is 0.248 e. The van der Waals surface area contributed by atoms with E-state index >= 15 is 0 Å². The zero-order valence-electron chi connectivity index (χ0n) is 13.7. The lowest BCUT2D eigenvalue weighted by Crippen LogP contribution is -2.05. The molecule has 0 radical (unpaired) electrons. The van der Waals surface area contributed by atoms with Crippen LogP contribution in [0, 0.1) is 0 Å². The minimum Gasteiger partial charge on any atom is -0.336 e. The summed E-state index contributed by atoms with van der Waals surface area (Å²) in [5, 5.41) is 3.23. The highest BCUT2D eigenvalue weighted by atomic mass is 16.1. The largest absolute Gasteiger partial charge is 0.336 e. The Labute approximate surface area is 148 Å². The van der Waals surface area contributed by atoms with E-state index in [2.05, 4.69) is 32.4 Å². The summed E-state index contributed by atoms with van der Waals surface area (Å²) in [6, 6.07) is 9.41. The van der Waals surface area contributed by atoms with Gasteiger partial charge in [-0.15, -0.1) is 0 Å². The molecule has 0 atom stereocenters. The second-order valence-electron chi connectivity index (χ2n) is 6.08. The molecule has 7 heteroatoms. The van der Waals surface area contributed by atoms with Crippen LogP contribution in [0.5, 0.6) is 0 Å². The highest BCUT2D eigenvalue weighted by Gasteiger charge is 2.12. The summed E-state index contributed by atoms with van der Waals surface area (Å²) >= 11 is 0. The molecular weight excluding hydrogens is 328 g/mol. The molecule has 0 saturated carbocycles. The van der Waals surface area contributed by atoms with E-state index in [0.717, 1.165) is 22.5 Å². The molecular formula is C19H14N6O. The summed E-state index contributed by atoms with van der Waals surface area (Å²) in [5.74, 6) is 0.622. The quantitative estimate of drug-likeness (QED) is 0.599. The third-order valence-corrected chi connectivity index (χ3v) is 4.35. The van der Waals surface area contributed by atoms with Gasteiger partial charge in [0.1, 0.15) is 0 Å².